The van der Waals surface area contributed by atoms with Crippen molar-refractivity contribution in [2.75, 3.05) is 12.0 Å². The number of hydrogen-bond donors (Lipinski definition) is 1. The Labute approximate surface area is 174 Å². The van der Waals surface area contributed by atoms with Gasteiger partial charge in [0.1, 0.15) is 5.82 Å². The minimum Gasteiger partial charge on any atom is -0.337 e. The fraction of sp³-hybridized carbons (Fsp3) is 0.500. The third-order valence-electron chi connectivity index (χ3n) is 4.00. The van der Waals surface area contributed by atoms with Crippen molar-refractivity contribution < 1.29 is 17.6 Å². The maximum atomic E-state index is 13.3. The third-order valence-corrected chi connectivity index (χ3v) is 5.59. The van der Waals surface area contributed by atoms with Crippen LogP contribution in [0.2, 0.25) is 0 Å². The zero-order valence-corrected chi connectivity index (χ0v) is 18.7. The number of carbonyl (C=O) groups excluding carboxylic acids is 1. The molecule has 1 heterocycles. The molecule has 1 aromatic heterocycles. The third kappa shape index (κ3) is 6.51. The van der Waals surface area contributed by atoms with Crippen LogP contribution in [0, 0.1) is 5.82 Å². The van der Waals surface area contributed by atoms with E-state index in [0.717, 1.165) is 6.26 Å². The second-order valence-corrected chi connectivity index (χ2v) is 9.86. The number of rotatable bonds is 9. The molecule has 0 aliphatic heterocycles. The van der Waals surface area contributed by atoms with E-state index in [2.05, 4.69) is 14.9 Å². The van der Waals surface area contributed by atoms with Gasteiger partial charge in [0, 0.05) is 17.8 Å². The summed E-state index contributed by atoms with van der Waals surface area (Å²) in [5.74, 6) is 0.0485. The summed E-state index contributed by atoms with van der Waals surface area (Å²) in [6.07, 6.45) is 1.05. The van der Waals surface area contributed by atoms with Gasteiger partial charge in [0.05, 0.1) is 18.6 Å². The molecule has 0 fully saturated rings. The van der Waals surface area contributed by atoms with Crippen molar-refractivity contribution in [3.63, 3.8) is 0 Å². The average Bonchev–Trinajstić information content (AvgIpc) is 3.00. The summed E-state index contributed by atoms with van der Waals surface area (Å²) in [6, 6.07) is 5.80. The van der Waals surface area contributed by atoms with E-state index in [4.69, 9.17) is 0 Å². The summed E-state index contributed by atoms with van der Waals surface area (Å²) < 4.78 is 40.2. The summed E-state index contributed by atoms with van der Waals surface area (Å²) in [5, 5.41) is 8.59. The van der Waals surface area contributed by atoms with E-state index in [-0.39, 0.29) is 30.3 Å². The molecule has 0 atom stereocenters. The molecule has 0 spiro atoms. The molecule has 8 nitrogen and oxygen atoms in total. The van der Waals surface area contributed by atoms with Crippen molar-refractivity contribution in [2.45, 2.75) is 51.5 Å². The van der Waals surface area contributed by atoms with E-state index >= 15 is 0 Å². The molecular weight excluding hydrogens is 417 g/mol. The molecule has 2 rings (SSSR count). The highest BCUT2D eigenvalue weighted by atomic mass is 32.2. The molecule has 0 saturated carbocycles. The summed E-state index contributed by atoms with van der Waals surface area (Å²) in [5.41, 5.74) is 0.571. The van der Waals surface area contributed by atoms with Crippen LogP contribution >= 0.6 is 11.8 Å². The topological polar surface area (TPSA) is 97.2 Å². The lowest BCUT2D eigenvalue weighted by Crippen LogP contribution is -2.43. The quantitative estimate of drug-likeness (QED) is 0.597. The number of nitrogens with zero attached hydrogens (tertiary/aromatic N) is 4. The first-order valence-electron chi connectivity index (χ1n) is 9.08. The van der Waals surface area contributed by atoms with Crippen LogP contribution in [0.3, 0.4) is 0 Å². The van der Waals surface area contributed by atoms with Crippen LogP contribution < -0.4 is 4.72 Å². The molecule has 0 aliphatic rings. The van der Waals surface area contributed by atoms with Crippen molar-refractivity contribution in [2.24, 2.45) is 0 Å². The smallest absolute Gasteiger partial charge is 0.233 e. The lowest BCUT2D eigenvalue weighted by molar-refractivity contribution is -0.131. The Morgan fingerprint density at radius 3 is 2.28 bits per heavy atom. The Morgan fingerprint density at radius 2 is 1.76 bits per heavy atom. The highest BCUT2D eigenvalue weighted by Crippen LogP contribution is 2.23. The second kappa shape index (κ2) is 9.68. The van der Waals surface area contributed by atoms with Crippen LogP contribution in [0.25, 0.3) is 5.69 Å². The maximum Gasteiger partial charge on any atom is 0.233 e. The minimum atomic E-state index is -3.43. The van der Waals surface area contributed by atoms with Crippen LogP contribution in [0.4, 0.5) is 4.39 Å². The molecule has 1 aromatic carbocycles. The zero-order valence-electron chi connectivity index (χ0n) is 17.1. The first kappa shape index (κ1) is 23.3. The predicted molar refractivity (Wildman–Crippen MR) is 111 cm³/mol. The number of benzene rings is 1. The van der Waals surface area contributed by atoms with Crippen LogP contribution in [0.1, 0.15) is 33.5 Å². The highest BCUT2D eigenvalue weighted by molar-refractivity contribution is 7.99. The monoisotopic (exact) mass is 443 g/mol. The molecule has 1 N–H and O–H groups in total. The van der Waals surface area contributed by atoms with Gasteiger partial charge in [0.15, 0.2) is 11.0 Å². The first-order chi connectivity index (χ1) is 13.5. The first-order valence-corrected chi connectivity index (χ1v) is 12.0. The summed E-state index contributed by atoms with van der Waals surface area (Å²) in [7, 11) is -3.43. The summed E-state index contributed by atoms with van der Waals surface area (Å²) in [4.78, 5) is 14.5. The normalized spacial score (nSPS) is 12.0. The van der Waals surface area contributed by atoms with Crippen molar-refractivity contribution in [1.29, 1.82) is 0 Å². The Hall–Kier alpha value is -1.98. The van der Waals surface area contributed by atoms with Gasteiger partial charge in [-0.05, 0) is 52.0 Å². The molecule has 160 valence electrons. The van der Waals surface area contributed by atoms with Gasteiger partial charge in [-0.15, -0.1) is 10.2 Å². The van der Waals surface area contributed by atoms with Crippen LogP contribution in [0.5, 0.6) is 0 Å². The van der Waals surface area contributed by atoms with Crippen LogP contribution in [-0.2, 0) is 21.4 Å². The SMILES string of the molecule is CC(C)N(C(=O)CSc1nnc(CNS(C)(=O)=O)n1-c1ccc(F)cc1)C(C)C. The number of aromatic nitrogens is 3. The van der Waals surface area contributed by atoms with E-state index in [9.17, 15) is 17.6 Å². The number of carbonyl (C=O) groups is 1. The largest absolute Gasteiger partial charge is 0.337 e. The fourth-order valence-electron chi connectivity index (χ4n) is 2.93. The van der Waals surface area contributed by atoms with Crippen molar-refractivity contribution in [3.05, 3.63) is 35.9 Å². The lowest BCUT2D eigenvalue weighted by atomic mass is 10.2. The summed E-state index contributed by atoms with van der Waals surface area (Å²) in [6.45, 7) is 7.75. The standard InChI is InChI=1S/C18H26FN5O3S2/c1-12(2)23(13(3)4)17(25)11-28-18-22-21-16(10-20-29(5,26)27)24(18)15-8-6-14(19)7-9-15/h6-9,12-13,20H,10-11H2,1-5H3. The highest BCUT2D eigenvalue weighted by Gasteiger charge is 2.22. The number of nitrogens with one attached hydrogen (secondary N) is 1. The van der Waals surface area contributed by atoms with Gasteiger partial charge in [-0.1, -0.05) is 11.8 Å². The fourth-order valence-corrected chi connectivity index (χ4v) is 4.16. The van der Waals surface area contributed by atoms with Crippen molar-refractivity contribution >= 4 is 27.7 Å². The number of halogens is 1. The number of thioether (sulfide) groups is 1. The Morgan fingerprint density at radius 1 is 1.17 bits per heavy atom. The van der Waals surface area contributed by atoms with Crippen molar-refractivity contribution in [1.82, 2.24) is 24.4 Å². The molecule has 0 bridgehead atoms. The van der Waals surface area contributed by atoms with Gasteiger partial charge < -0.3 is 4.90 Å². The van der Waals surface area contributed by atoms with Crippen molar-refractivity contribution in [3.8, 4) is 5.69 Å². The Bertz CT molecular complexity index is 935. The zero-order chi connectivity index (χ0) is 21.8. The Kier molecular flexibility index (Phi) is 7.78. The molecule has 2 aromatic rings. The average molecular weight is 444 g/mol. The predicted octanol–water partition coefficient (Wildman–Crippen LogP) is 2.19. The molecular formula is C18H26FN5O3S2. The summed E-state index contributed by atoms with van der Waals surface area (Å²) >= 11 is 1.20. The van der Waals surface area contributed by atoms with Crippen LogP contribution in [0.15, 0.2) is 29.4 Å². The molecule has 29 heavy (non-hydrogen) atoms. The van der Waals surface area contributed by atoms with Gasteiger partial charge >= 0.3 is 0 Å². The number of hydrogen-bond acceptors (Lipinski definition) is 6. The molecule has 0 radical (unpaired) electrons. The van der Waals surface area contributed by atoms with Gasteiger partial charge in [-0.3, -0.25) is 9.36 Å². The molecule has 0 saturated heterocycles. The molecule has 1 amide bonds. The van der Waals surface area contributed by atoms with Gasteiger partial charge in [-0.2, -0.15) is 0 Å². The number of amides is 1. The molecule has 0 unspecified atom stereocenters. The van der Waals surface area contributed by atoms with E-state index in [1.165, 1.54) is 23.9 Å². The maximum absolute atomic E-state index is 13.3. The van der Waals surface area contributed by atoms with E-state index < -0.39 is 15.8 Å². The van der Waals surface area contributed by atoms with E-state index in [1.807, 2.05) is 27.7 Å². The van der Waals surface area contributed by atoms with Gasteiger partial charge in [0.25, 0.3) is 0 Å². The molecule has 11 heteroatoms. The van der Waals surface area contributed by atoms with Crippen LogP contribution in [-0.4, -0.2) is 58.1 Å². The van der Waals surface area contributed by atoms with Gasteiger partial charge in [-0.25, -0.2) is 17.5 Å². The van der Waals surface area contributed by atoms with E-state index in [1.54, 1.807) is 21.6 Å². The second-order valence-electron chi connectivity index (χ2n) is 7.08. The van der Waals surface area contributed by atoms with Gasteiger partial charge in [0.2, 0.25) is 15.9 Å². The van der Waals surface area contributed by atoms with E-state index in [0.29, 0.717) is 16.7 Å². The minimum absolute atomic E-state index is 0.0375. The lowest BCUT2D eigenvalue weighted by Gasteiger charge is -2.30. The Balaban J connectivity index is 2.30. The molecule has 0 aliphatic carbocycles. The number of sulfonamides is 1.